The molecular formula is C36H47Cl2N5O4S. The number of aliphatic hydroxyl groups is 1. The number of hydrogen-bond donors (Lipinski definition) is 2. The lowest BCUT2D eigenvalue weighted by Gasteiger charge is -2.42. The number of piperidine rings is 2. The van der Waals surface area contributed by atoms with E-state index in [0.29, 0.717) is 47.1 Å². The minimum Gasteiger partial charge on any atom is -0.390 e. The van der Waals surface area contributed by atoms with Gasteiger partial charge in [0.2, 0.25) is 10.0 Å². The highest BCUT2D eigenvalue weighted by Gasteiger charge is 2.37. The molecule has 0 saturated carbocycles. The van der Waals surface area contributed by atoms with Crippen molar-refractivity contribution in [1.29, 1.82) is 0 Å². The maximum atomic E-state index is 12.8. The Morgan fingerprint density at radius 1 is 1.02 bits per heavy atom. The van der Waals surface area contributed by atoms with Gasteiger partial charge in [0.05, 0.1) is 30.6 Å². The van der Waals surface area contributed by atoms with E-state index in [9.17, 15) is 18.3 Å². The first-order valence-electron chi connectivity index (χ1n) is 17.2. The van der Waals surface area contributed by atoms with Crippen LogP contribution in [0.25, 0.3) is 11.3 Å². The minimum absolute atomic E-state index is 0.162. The molecule has 3 aromatic rings. The van der Waals surface area contributed by atoms with Crippen LogP contribution in [0.3, 0.4) is 0 Å². The standard InChI is InChI=1S/C36H47Cl2N5O4S/c1-24(44)35-20-27(26-11-15-39-16-12-26)13-17-41(35)21-31(45)22-43-34-14-18-42(48(2,46)47)23-32(34)36(40-43)29-7-10-33(38)28(19-29)6-3-25-4-8-30(37)9-5-25/h4-5,7-10,19,26-27,31,35,39,45H,3,6,11-18,20-23H2,1-2H3/t27?,31-,35+/m0/s1. The van der Waals surface area contributed by atoms with E-state index in [-0.39, 0.29) is 24.9 Å². The molecule has 3 atom stereocenters. The molecule has 2 saturated heterocycles. The zero-order chi connectivity index (χ0) is 34.0. The van der Waals surface area contributed by atoms with Crippen molar-refractivity contribution in [2.45, 2.75) is 77.1 Å². The van der Waals surface area contributed by atoms with Gasteiger partial charge in [0, 0.05) is 52.9 Å². The van der Waals surface area contributed by atoms with Gasteiger partial charge < -0.3 is 10.4 Å². The van der Waals surface area contributed by atoms with Gasteiger partial charge >= 0.3 is 0 Å². The van der Waals surface area contributed by atoms with Crippen molar-refractivity contribution in [2.75, 3.05) is 39.0 Å². The predicted molar refractivity (Wildman–Crippen MR) is 191 cm³/mol. The van der Waals surface area contributed by atoms with E-state index in [1.807, 2.05) is 47.1 Å². The lowest BCUT2D eigenvalue weighted by molar-refractivity contribution is -0.125. The Morgan fingerprint density at radius 2 is 1.77 bits per heavy atom. The number of nitrogens with zero attached hydrogens (tertiary/aromatic N) is 4. The van der Waals surface area contributed by atoms with Crippen LogP contribution in [0, 0.1) is 11.8 Å². The molecule has 0 aliphatic carbocycles. The number of hydrogen-bond acceptors (Lipinski definition) is 7. The number of nitrogens with one attached hydrogen (secondary N) is 1. The van der Waals surface area contributed by atoms with E-state index < -0.39 is 16.1 Å². The van der Waals surface area contributed by atoms with Gasteiger partial charge in [-0.3, -0.25) is 14.4 Å². The first-order chi connectivity index (χ1) is 23.0. The van der Waals surface area contributed by atoms with Gasteiger partial charge in [-0.05, 0) is 112 Å². The van der Waals surface area contributed by atoms with Gasteiger partial charge in [0.15, 0.2) is 0 Å². The quantitative estimate of drug-likeness (QED) is 0.288. The van der Waals surface area contributed by atoms with Gasteiger partial charge in [0.25, 0.3) is 0 Å². The van der Waals surface area contributed by atoms with E-state index in [1.54, 1.807) is 6.92 Å². The average molecular weight is 717 g/mol. The van der Waals surface area contributed by atoms with Gasteiger partial charge in [-0.2, -0.15) is 9.40 Å². The Hall–Kier alpha value is -2.31. The number of aryl methyl sites for hydroxylation is 2. The van der Waals surface area contributed by atoms with Crippen LogP contribution < -0.4 is 5.32 Å². The smallest absolute Gasteiger partial charge is 0.211 e. The highest BCUT2D eigenvalue weighted by atomic mass is 35.5. The van der Waals surface area contributed by atoms with Gasteiger partial charge in [0.1, 0.15) is 5.78 Å². The number of β-amino-alcohol motifs (C(OH)–C–C–N with tert-alkyl or cyclic N) is 1. The molecule has 3 aliphatic heterocycles. The fourth-order valence-corrected chi connectivity index (χ4v) is 9.05. The molecule has 260 valence electrons. The van der Waals surface area contributed by atoms with E-state index in [0.717, 1.165) is 73.3 Å². The Bertz CT molecular complexity index is 1710. The van der Waals surface area contributed by atoms with Crippen LogP contribution in [0.15, 0.2) is 42.5 Å². The summed E-state index contributed by atoms with van der Waals surface area (Å²) >= 11 is 12.7. The van der Waals surface area contributed by atoms with Gasteiger partial charge in [-0.1, -0.05) is 41.4 Å². The molecule has 4 heterocycles. The molecule has 0 amide bonds. The molecule has 2 N–H and O–H groups in total. The number of fused-ring (bicyclic) bond motifs is 1. The molecule has 0 spiro atoms. The second kappa shape index (κ2) is 15.3. The summed E-state index contributed by atoms with van der Waals surface area (Å²) in [5.41, 5.74) is 5.50. The molecule has 9 nitrogen and oxygen atoms in total. The summed E-state index contributed by atoms with van der Waals surface area (Å²) < 4.78 is 28.5. The van der Waals surface area contributed by atoms with Crippen molar-refractivity contribution >= 4 is 39.0 Å². The van der Waals surface area contributed by atoms with Crippen LogP contribution >= 0.6 is 23.2 Å². The van der Waals surface area contributed by atoms with Crippen molar-refractivity contribution in [3.05, 3.63) is 74.9 Å². The van der Waals surface area contributed by atoms with Crippen molar-refractivity contribution < 1.29 is 18.3 Å². The number of sulfonamides is 1. The highest BCUT2D eigenvalue weighted by Crippen LogP contribution is 2.36. The molecule has 0 bridgehead atoms. The second-order valence-corrected chi connectivity index (χ2v) is 16.7. The number of carbonyl (C=O) groups is 1. The second-order valence-electron chi connectivity index (χ2n) is 13.9. The molecule has 2 fully saturated rings. The first kappa shape index (κ1) is 35.5. The highest BCUT2D eigenvalue weighted by molar-refractivity contribution is 7.88. The monoisotopic (exact) mass is 715 g/mol. The fraction of sp³-hybridized carbons (Fsp3) is 0.556. The van der Waals surface area contributed by atoms with Crippen molar-refractivity contribution in [1.82, 2.24) is 24.3 Å². The number of aliphatic hydroxyl groups excluding tert-OH is 1. The largest absolute Gasteiger partial charge is 0.390 e. The SMILES string of the molecule is CC(=O)[C@H]1CC(C2CCNCC2)CCN1C[C@H](O)Cn1nc(-c2ccc(Cl)c(CCc3ccc(Cl)cc3)c2)c2c1CCN(S(C)(=O)=O)C2. The van der Waals surface area contributed by atoms with E-state index in [1.165, 1.54) is 23.4 Å². The minimum atomic E-state index is -3.41. The average Bonchev–Trinajstić information content (AvgIpc) is 3.42. The Labute approximate surface area is 294 Å². The number of aromatic nitrogens is 2. The Kier molecular flexibility index (Phi) is 11.3. The topological polar surface area (TPSA) is 108 Å². The molecule has 2 aromatic carbocycles. The number of likely N-dealkylation sites (tertiary alicyclic amines) is 1. The van der Waals surface area contributed by atoms with Gasteiger partial charge in [-0.25, -0.2) is 8.42 Å². The van der Waals surface area contributed by atoms with E-state index in [2.05, 4.69) is 10.2 Å². The fourth-order valence-electron chi connectivity index (χ4n) is 7.93. The number of ketones is 1. The number of Topliss-reactive ketones (excluding diaryl/α,β-unsaturated/α-hetero) is 1. The molecule has 48 heavy (non-hydrogen) atoms. The van der Waals surface area contributed by atoms with E-state index >= 15 is 0 Å². The van der Waals surface area contributed by atoms with Crippen LogP contribution in [-0.2, 0) is 47.2 Å². The normalized spacial score (nSPS) is 22.0. The molecule has 1 aromatic heterocycles. The molecule has 3 aliphatic rings. The van der Waals surface area contributed by atoms with Crippen LogP contribution in [0.5, 0.6) is 0 Å². The summed E-state index contributed by atoms with van der Waals surface area (Å²) in [6.07, 6.45) is 6.73. The maximum absolute atomic E-state index is 12.8. The Balaban J connectivity index is 1.22. The first-order valence-corrected chi connectivity index (χ1v) is 19.8. The van der Waals surface area contributed by atoms with Crippen LogP contribution in [-0.4, -0.2) is 89.4 Å². The summed E-state index contributed by atoms with van der Waals surface area (Å²) in [7, 11) is -3.41. The Morgan fingerprint density at radius 3 is 2.48 bits per heavy atom. The third kappa shape index (κ3) is 8.34. The zero-order valence-corrected chi connectivity index (χ0v) is 30.2. The summed E-state index contributed by atoms with van der Waals surface area (Å²) in [6.45, 7) is 5.80. The number of halogens is 2. The molecule has 12 heteroatoms. The maximum Gasteiger partial charge on any atom is 0.211 e. The van der Waals surface area contributed by atoms with Crippen molar-refractivity contribution in [3.63, 3.8) is 0 Å². The summed E-state index contributed by atoms with van der Waals surface area (Å²) in [5, 5.41) is 21.3. The molecular weight excluding hydrogens is 669 g/mol. The van der Waals surface area contributed by atoms with Crippen molar-refractivity contribution in [2.24, 2.45) is 11.8 Å². The number of carbonyl (C=O) groups excluding carboxylic acids is 1. The molecule has 1 unspecified atom stereocenters. The summed E-state index contributed by atoms with van der Waals surface area (Å²) in [4.78, 5) is 15.0. The summed E-state index contributed by atoms with van der Waals surface area (Å²) in [5.74, 6) is 1.37. The predicted octanol–water partition coefficient (Wildman–Crippen LogP) is 4.99. The van der Waals surface area contributed by atoms with Crippen molar-refractivity contribution in [3.8, 4) is 11.3 Å². The molecule has 6 rings (SSSR count). The van der Waals surface area contributed by atoms with Crippen LogP contribution in [0.1, 0.15) is 55.0 Å². The lowest BCUT2D eigenvalue weighted by Crippen LogP contribution is -2.51. The third-order valence-corrected chi connectivity index (χ3v) is 12.5. The zero-order valence-electron chi connectivity index (χ0n) is 27.9. The number of benzene rings is 2. The summed E-state index contributed by atoms with van der Waals surface area (Å²) in [6, 6.07) is 13.5. The molecule has 0 radical (unpaired) electrons. The van der Waals surface area contributed by atoms with Crippen LogP contribution in [0.4, 0.5) is 0 Å². The van der Waals surface area contributed by atoms with Gasteiger partial charge in [-0.15, -0.1) is 0 Å². The lowest BCUT2D eigenvalue weighted by atomic mass is 9.76. The van der Waals surface area contributed by atoms with E-state index in [4.69, 9.17) is 28.3 Å². The third-order valence-electron chi connectivity index (χ3n) is 10.6. The number of rotatable bonds is 11. The van der Waals surface area contributed by atoms with Crippen LogP contribution in [0.2, 0.25) is 10.0 Å².